The Morgan fingerprint density at radius 1 is 1.40 bits per heavy atom. The van der Waals surface area contributed by atoms with Gasteiger partial charge in [0.2, 0.25) is 0 Å². The first-order valence-electron chi connectivity index (χ1n) is 5.81. The van der Waals surface area contributed by atoms with Gasteiger partial charge in [0.25, 0.3) is 0 Å². The van der Waals surface area contributed by atoms with Gasteiger partial charge in [-0.15, -0.1) is 0 Å². The number of nitrogens with one attached hydrogen (secondary N) is 1. The third-order valence-electron chi connectivity index (χ3n) is 2.57. The lowest BCUT2D eigenvalue weighted by atomic mass is 10.3. The molecular weight excluding hydrogens is 282 g/mol. The highest BCUT2D eigenvalue weighted by atomic mass is 32.2. The third-order valence-corrected chi connectivity index (χ3v) is 3.09. The van der Waals surface area contributed by atoms with E-state index in [2.05, 4.69) is 15.1 Å². The van der Waals surface area contributed by atoms with Crippen molar-refractivity contribution in [3.05, 3.63) is 36.9 Å². The molecule has 0 radical (unpaired) electrons. The zero-order valence-electron chi connectivity index (χ0n) is 10.7. The summed E-state index contributed by atoms with van der Waals surface area (Å²) in [4.78, 5) is 8.20. The number of nitrogens with zero attached hydrogens (tertiary/aromatic N) is 4. The maximum absolute atomic E-state index is 10.5. The molecule has 0 aliphatic rings. The molecule has 0 aromatic carbocycles. The third kappa shape index (κ3) is 4.02. The summed E-state index contributed by atoms with van der Waals surface area (Å²) < 4.78 is 34.9. The van der Waals surface area contributed by atoms with Gasteiger partial charge in [0, 0.05) is 30.9 Å². The Labute approximate surface area is 116 Å². The van der Waals surface area contributed by atoms with Gasteiger partial charge in [0.15, 0.2) is 28.4 Å². The molecule has 0 aliphatic heterocycles. The first kappa shape index (κ1) is 14.4. The minimum absolute atomic E-state index is 0.0231. The maximum Gasteiger partial charge on any atom is 0.197 e. The highest BCUT2D eigenvalue weighted by molar-refractivity contribution is 7.83. The van der Waals surface area contributed by atoms with Crippen LogP contribution in [0.15, 0.2) is 36.9 Å². The summed E-state index contributed by atoms with van der Waals surface area (Å²) in [5.74, 6) is 0.556. The summed E-state index contributed by atoms with van der Waals surface area (Å²) in [7, 11) is -4.44. The lowest BCUT2D eigenvalue weighted by Crippen LogP contribution is -2.46. The van der Waals surface area contributed by atoms with Gasteiger partial charge in [-0.25, -0.2) is 23.1 Å². The van der Waals surface area contributed by atoms with Crippen molar-refractivity contribution >= 4 is 10.3 Å². The monoisotopic (exact) mass is 295 g/mol. The Kier molecular flexibility index (Phi) is 4.32. The average Bonchev–Trinajstić information content (AvgIpc) is 2.45. The number of hydrogen-bond donors (Lipinski definition) is 1. The highest BCUT2D eigenvalue weighted by Gasteiger charge is 2.15. The van der Waals surface area contributed by atoms with E-state index in [1.807, 2.05) is 4.72 Å². The molecule has 0 saturated carbocycles. The van der Waals surface area contributed by atoms with Crippen molar-refractivity contribution in [1.29, 1.82) is 0 Å². The molecule has 0 amide bonds. The van der Waals surface area contributed by atoms with E-state index in [0.29, 0.717) is 5.82 Å². The highest BCUT2D eigenvalue weighted by Crippen LogP contribution is 2.09. The summed E-state index contributed by atoms with van der Waals surface area (Å²) in [6, 6.07) is 3.20. The van der Waals surface area contributed by atoms with Crippen LogP contribution in [0.25, 0.3) is 11.4 Å². The molecule has 1 N–H and O–H groups in total. The lowest BCUT2D eigenvalue weighted by molar-refractivity contribution is -0.772. The largest absolute Gasteiger partial charge is 0.735 e. The van der Waals surface area contributed by atoms with Gasteiger partial charge >= 0.3 is 0 Å². The van der Waals surface area contributed by atoms with Gasteiger partial charge in [-0.05, 0) is 11.2 Å². The molecular formula is C11H13N5O3S. The van der Waals surface area contributed by atoms with Crippen LogP contribution in [0.3, 0.4) is 0 Å². The van der Waals surface area contributed by atoms with Crippen LogP contribution in [-0.4, -0.2) is 34.6 Å². The molecule has 20 heavy (non-hydrogen) atoms. The van der Waals surface area contributed by atoms with Crippen molar-refractivity contribution in [2.75, 3.05) is 6.54 Å². The number of rotatable bonds is 5. The molecule has 0 spiro atoms. The second-order valence-corrected chi connectivity index (χ2v) is 5.32. The normalized spacial score (nSPS) is 13.1. The molecule has 1 atom stereocenters. The first-order chi connectivity index (χ1) is 9.46. The van der Waals surface area contributed by atoms with Crippen molar-refractivity contribution < 1.29 is 17.7 Å². The summed E-state index contributed by atoms with van der Waals surface area (Å²) in [5.41, 5.74) is 0.749. The van der Waals surface area contributed by atoms with Crippen LogP contribution < -0.4 is 9.40 Å². The standard InChI is InChI=1S/C11H13N5O3S/c1-9(7-15-20(17,18)19)16-6-3-10(8-14-16)11-12-4-2-5-13-11/h2-6,8-9,15H,7H2,1H3. The van der Waals surface area contributed by atoms with Crippen molar-refractivity contribution in [3.63, 3.8) is 0 Å². The second kappa shape index (κ2) is 5.99. The molecule has 0 saturated heterocycles. The van der Waals surface area contributed by atoms with E-state index in [4.69, 9.17) is 0 Å². The van der Waals surface area contributed by atoms with Gasteiger partial charge in [0.05, 0.1) is 6.54 Å². The van der Waals surface area contributed by atoms with Gasteiger partial charge in [-0.2, -0.15) is 0 Å². The van der Waals surface area contributed by atoms with Crippen LogP contribution in [0.4, 0.5) is 0 Å². The second-order valence-electron chi connectivity index (χ2n) is 4.12. The van der Waals surface area contributed by atoms with E-state index < -0.39 is 10.3 Å². The Bertz CT molecular complexity index is 660. The van der Waals surface area contributed by atoms with Gasteiger partial charge in [-0.1, -0.05) is 4.68 Å². The molecule has 0 bridgehead atoms. The molecule has 8 nitrogen and oxygen atoms in total. The van der Waals surface area contributed by atoms with Crippen LogP contribution in [0.1, 0.15) is 13.0 Å². The van der Waals surface area contributed by atoms with E-state index in [-0.39, 0.29) is 12.6 Å². The van der Waals surface area contributed by atoms with E-state index in [1.165, 1.54) is 0 Å². The fourth-order valence-corrected chi connectivity index (χ4v) is 1.97. The van der Waals surface area contributed by atoms with Crippen LogP contribution in [0.5, 0.6) is 0 Å². The van der Waals surface area contributed by atoms with E-state index in [0.717, 1.165) is 5.56 Å². The van der Waals surface area contributed by atoms with Gasteiger partial charge in [-0.3, -0.25) is 0 Å². The predicted molar refractivity (Wildman–Crippen MR) is 67.9 cm³/mol. The first-order valence-corrected chi connectivity index (χ1v) is 7.22. The molecule has 1 unspecified atom stereocenters. The zero-order valence-corrected chi connectivity index (χ0v) is 11.5. The SMILES string of the molecule is CC(CNS(=O)(=O)[O-])[n+]1ccc(-c2ncccn2)cn1. The van der Waals surface area contributed by atoms with Crippen LogP contribution in [-0.2, 0) is 10.3 Å². The molecule has 9 heteroatoms. The van der Waals surface area contributed by atoms with Crippen LogP contribution in [0, 0.1) is 0 Å². The minimum Gasteiger partial charge on any atom is -0.735 e. The Balaban J connectivity index is 2.08. The molecule has 2 aromatic heterocycles. The van der Waals surface area contributed by atoms with Crippen LogP contribution >= 0.6 is 0 Å². The minimum atomic E-state index is -4.44. The molecule has 2 aromatic rings. The van der Waals surface area contributed by atoms with E-state index >= 15 is 0 Å². The Hall–Kier alpha value is -1.97. The molecule has 0 fully saturated rings. The molecule has 2 rings (SSSR count). The number of aromatic nitrogens is 4. The average molecular weight is 295 g/mol. The van der Waals surface area contributed by atoms with E-state index in [9.17, 15) is 13.0 Å². The van der Waals surface area contributed by atoms with Gasteiger partial charge in [0.1, 0.15) is 6.20 Å². The summed E-state index contributed by atoms with van der Waals surface area (Å²) in [6.07, 6.45) is 6.52. The Morgan fingerprint density at radius 3 is 2.65 bits per heavy atom. The van der Waals surface area contributed by atoms with E-state index in [1.54, 1.807) is 48.5 Å². The van der Waals surface area contributed by atoms with Crippen molar-refractivity contribution in [3.8, 4) is 11.4 Å². The lowest BCUT2D eigenvalue weighted by Gasteiger charge is -2.10. The molecule has 0 aliphatic carbocycles. The maximum atomic E-state index is 10.5. The summed E-state index contributed by atoms with van der Waals surface area (Å²) >= 11 is 0. The topological polar surface area (TPSA) is 112 Å². The quantitative estimate of drug-likeness (QED) is 0.584. The fourth-order valence-electron chi connectivity index (χ4n) is 1.52. The summed E-state index contributed by atoms with van der Waals surface area (Å²) in [5, 5.41) is 4.16. The van der Waals surface area contributed by atoms with Crippen molar-refractivity contribution in [2.45, 2.75) is 13.0 Å². The number of hydrogen-bond acceptors (Lipinski definition) is 6. The van der Waals surface area contributed by atoms with Crippen molar-refractivity contribution in [1.82, 2.24) is 19.8 Å². The van der Waals surface area contributed by atoms with Crippen molar-refractivity contribution in [2.24, 2.45) is 0 Å². The predicted octanol–water partition coefficient (Wildman–Crippen LogP) is -0.563. The van der Waals surface area contributed by atoms with Crippen LogP contribution in [0.2, 0.25) is 0 Å². The summed E-state index contributed by atoms with van der Waals surface area (Å²) in [6.45, 7) is 1.72. The molecule has 2 heterocycles. The smallest absolute Gasteiger partial charge is 0.197 e. The zero-order chi connectivity index (χ0) is 14.6. The molecule has 106 valence electrons. The Morgan fingerprint density at radius 2 is 2.10 bits per heavy atom. The fraction of sp³-hybridized carbons (Fsp3) is 0.273. The van der Waals surface area contributed by atoms with Gasteiger partial charge < -0.3 is 4.55 Å².